The summed E-state index contributed by atoms with van der Waals surface area (Å²) in [5.74, 6) is 0.145. The maximum atomic E-state index is 10.9. The Morgan fingerprint density at radius 1 is 1.57 bits per heavy atom. The number of nitriles is 1. The lowest BCUT2D eigenvalue weighted by Crippen LogP contribution is -1.95. The molecule has 0 amide bonds. The van der Waals surface area contributed by atoms with Crippen molar-refractivity contribution >= 4 is 11.9 Å². The Labute approximate surface area is 83.5 Å². The van der Waals surface area contributed by atoms with Gasteiger partial charge in [0.05, 0.1) is 6.07 Å². The molecule has 2 nitrogen and oxygen atoms in total. The number of Topliss-reactive ketones (excluding diaryl/α,β-unsaturated/α-hetero) is 1. The molecule has 0 aromatic heterocycles. The van der Waals surface area contributed by atoms with Crippen LogP contribution in [-0.4, -0.2) is 5.78 Å². The second-order valence-corrected chi connectivity index (χ2v) is 3.09. The number of carbonyl (C=O) groups is 1. The van der Waals surface area contributed by atoms with Crippen molar-refractivity contribution in [3.05, 3.63) is 41.5 Å². The molecule has 0 atom stereocenters. The van der Waals surface area contributed by atoms with Crippen LogP contribution < -0.4 is 0 Å². The van der Waals surface area contributed by atoms with Crippen molar-refractivity contribution in [3.8, 4) is 6.07 Å². The molecule has 1 aromatic rings. The van der Waals surface area contributed by atoms with Gasteiger partial charge in [-0.05, 0) is 24.1 Å². The molecular formula is C12H11NO. The molecule has 0 heterocycles. The smallest absolute Gasteiger partial charge is 0.134 e. The van der Waals surface area contributed by atoms with Crippen LogP contribution in [0.1, 0.15) is 18.1 Å². The zero-order valence-corrected chi connectivity index (χ0v) is 8.03. The summed E-state index contributed by atoms with van der Waals surface area (Å²) in [6.07, 6.45) is 3.60. The molecule has 0 aliphatic heterocycles. The molecule has 0 spiro atoms. The first-order chi connectivity index (χ1) is 6.72. The van der Waals surface area contributed by atoms with Crippen molar-refractivity contribution < 1.29 is 4.79 Å². The van der Waals surface area contributed by atoms with E-state index in [1.54, 1.807) is 13.0 Å². The Kier molecular flexibility index (Phi) is 3.63. The first-order valence-corrected chi connectivity index (χ1v) is 4.37. The molecule has 0 N–H and O–H groups in total. The Morgan fingerprint density at radius 3 is 3.00 bits per heavy atom. The van der Waals surface area contributed by atoms with Crippen LogP contribution in [0.4, 0.5) is 0 Å². The molecule has 0 fully saturated rings. The molecule has 0 bridgehead atoms. The number of rotatable bonds is 3. The molecule has 70 valence electrons. The summed E-state index contributed by atoms with van der Waals surface area (Å²) in [4.78, 5) is 10.9. The predicted molar refractivity (Wildman–Crippen MR) is 55.5 cm³/mol. The fourth-order valence-corrected chi connectivity index (χ4v) is 1.23. The average Bonchev–Trinajstić information content (AvgIpc) is 2.14. The summed E-state index contributed by atoms with van der Waals surface area (Å²) in [5.41, 5.74) is 1.93. The summed E-state index contributed by atoms with van der Waals surface area (Å²) in [6, 6.07) is 9.53. The monoisotopic (exact) mass is 185 g/mol. The van der Waals surface area contributed by atoms with E-state index in [9.17, 15) is 4.79 Å². The summed E-state index contributed by atoms with van der Waals surface area (Å²) in [7, 11) is 0. The van der Waals surface area contributed by atoms with E-state index < -0.39 is 0 Å². The predicted octanol–water partition coefficient (Wildman–Crippen LogP) is 2.35. The lowest BCUT2D eigenvalue weighted by molar-refractivity contribution is -0.116. The zero-order chi connectivity index (χ0) is 10.4. The van der Waals surface area contributed by atoms with E-state index in [-0.39, 0.29) is 5.78 Å². The van der Waals surface area contributed by atoms with Crippen LogP contribution >= 0.6 is 0 Å². The van der Waals surface area contributed by atoms with Crippen LogP contribution in [0.25, 0.3) is 6.08 Å². The van der Waals surface area contributed by atoms with Gasteiger partial charge >= 0.3 is 0 Å². The van der Waals surface area contributed by atoms with E-state index in [1.165, 1.54) is 6.08 Å². The Hall–Kier alpha value is -1.88. The third-order valence-corrected chi connectivity index (χ3v) is 1.75. The van der Waals surface area contributed by atoms with Crippen molar-refractivity contribution in [2.75, 3.05) is 0 Å². The molecule has 2 heteroatoms. The number of nitrogens with zero attached hydrogens (tertiary/aromatic N) is 1. The summed E-state index contributed by atoms with van der Waals surface area (Å²) in [5, 5.41) is 8.35. The summed E-state index contributed by atoms with van der Waals surface area (Å²) >= 11 is 0. The zero-order valence-electron chi connectivity index (χ0n) is 8.03. The van der Waals surface area contributed by atoms with Crippen molar-refractivity contribution in [1.29, 1.82) is 5.26 Å². The van der Waals surface area contributed by atoms with Crippen LogP contribution in [0.15, 0.2) is 30.3 Å². The van der Waals surface area contributed by atoms with Gasteiger partial charge in [0.2, 0.25) is 0 Å². The average molecular weight is 185 g/mol. The lowest BCUT2D eigenvalue weighted by atomic mass is 10.1. The highest BCUT2D eigenvalue weighted by Crippen LogP contribution is 2.07. The highest BCUT2D eigenvalue weighted by molar-refractivity contribution is 5.78. The van der Waals surface area contributed by atoms with Gasteiger partial charge in [0.1, 0.15) is 5.78 Å². The van der Waals surface area contributed by atoms with Gasteiger partial charge in [0.25, 0.3) is 0 Å². The van der Waals surface area contributed by atoms with E-state index in [0.29, 0.717) is 6.42 Å². The summed E-state index contributed by atoms with van der Waals surface area (Å²) in [6.45, 7) is 1.57. The van der Waals surface area contributed by atoms with Crippen LogP contribution in [0.5, 0.6) is 0 Å². The topological polar surface area (TPSA) is 40.9 Å². The maximum absolute atomic E-state index is 10.9. The van der Waals surface area contributed by atoms with Gasteiger partial charge in [-0.15, -0.1) is 0 Å². The van der Waals surface area contributed by atoms with Crippen molar-refractivity contribution in [1.82, 2.24) is 0 Å². The fourth-order valence-electron chi connectivity index (χ4n) is 1.23. The standard InChI is InChI=1S/C12H11NO/c1-10(14)8-12-5-2-4-11(9-12)6-3-7-13/h2-6,9H,8H2,1H3. The SMILES string of the molecule is CC(=O)Cc1cccc(C=CC#N)c1. The lowest BCUT2D eigenvalue weighted by Gasteiger charge is -1.98. The van der Waals surface area contributed by atoms with E-state index in [4.69, 9.17) is 5.26 Å². The third-order valence-electron chi connectivity index (χ3n) is 1.75. The second-order valence-electron chi connectivity index (χ2n) is 3.09. The van der Waals surface area contributed by atoms with Gasteiger partial charge in [0, 0.05) is 12.5 Å². The van der Waals surface area contributed by atoms with Gasteiger partial charge < -0.3 is 0 Å². The molecule has 14 heavy (non-hydrogen) atoms. The number of hydrogen-bond donors (Lipinski definition) is 0. The molecule has 1 aromatic carbocycles. The first-order valence-electron chi connectivity index (χ1n) is 4.37. The molecule has 0 aliphatic rings. The van der Waals surface area contributed by atoms with Gasteiger partial charge in [0.15, 0.2) is 0 Å². The van der Waals surface area contributed by atoms with Crippen LogP contribution in [0.2, 0.25) is 0 Å². The molecule has 0 saturated carbocycles. The molecule has 0 unspecified atom stereocenters. The summed E-state index contributed by atoms with van der Waals surface area (Å²) < 4.78 is 0. The second kappa shape index (κ2) is 4.98. The van der Waals surface area contributed by atoms with E-state index in [2.05, 4.69) is 0 Å². The molecular weight excluding hydrogens is 174 g/mol. The van der Waals surface area contributed by atoms with Gasteiger partial charge in [-0.25, -0.2) is 0 Å². The highest BCUT2D eigenvalue weighted by atomic mass is 16.1. The first kappa shape index (κ1) is 10.2. The molecule has 0 saturated heterocycles. The van der Waals surface area contributed by atoms with Gasteiger partial charge in [-0.3, -0.25) is 4.79 Å². The van der Waals surface area contributed by atoms with Crippen molar-refractivity contribution in [3.63, 3.8) is 0 Å². The minimum atomic E-state index is 0.145. The Morgan fingerprint density at radius 2 is 2.36 bits per heavy atom. The third kappa shape index (κ3) is 3.24. The van der Waals surface area contributed by atoms with E-state index in [1.807, 2.05) is 30.3 Å². The number of allylic oxidation sites excluding steroid dienone is 1. The number of benzene rings is 1. The maximum Gasteiger partial charge on any atom is 0.134 e. The molecule has 1 rings (SSSR count). The highest BCUT2D eigenvalue weighted by Gasteiger charge is 1.97. The molecule has 0 aliphatic carbocycles. The molecule has 0 radical (unpaired) electrons. The van der Waals surface area contributed by atoms with Crippen LogP contribution in [0, 0.1) is 11.3 Å². The van der Waals surface area contributed by atoms with Crippen LogP contribution in [-0.2, 0) is 11.2 Å². The number of carbonyl (C=O) groups excluding carboxylic acids is 1. The normalized spacial score (nSPS) is 10.0. The van der Waals surface area contributed by atoms with Gasteiger partial charge in [-0.2, -0.15) is 5.26 Å². The minimum absolute atomic E-state index is 0.145. The Bertz CT molecular complexity index is 399. The van der Waals surface area contributed by atoms with E-state index >= 15 is 0 Å². The van der Waals surface area contributed by atoms with E-state index in [0.717, 1.165) is 11.1 Å². The number of hydrogen-bond acceptors (Lipinski definition) is 2. The largest absolute Gasteiger partial charge is 0.300 e. The Balaban J connectivity index is 2.85. The van der Waals surface area contributed by atoms with Crippen molar-refractivity contribution in [2.24, 2.45) is 0 Å². The van der Waals surface area contributed by atoms with Gasteiger partial charge in [-0.1, -0.05) is 24.3 Å². The fraction of sp³-hybridized carbons (Fsp3) is 0.167. The minimum Gasteiger partial charge on any atom is -0.300 e. The van der Waals surface area contributed by atoms with Crippen molar-refractivity contribution in [2.45, 2.75) is 13.3 Å². The number of ketones is 1. The van der Waals surface area contributed by atoms with Crippen LogP contribution in [0.3, 0.4) is 0 Å². The quantitative estimate of drug-likeness (QED) is 0.678.